The van der Waals surface area contributed by atoms with Crippen LogP contribution in [-0.2, 0) is 4.79 Å². The Kier molecular flexibility index (Phi) is 6.88. The molecule has 0 aromatic carbocycles. The van der Waals surface area contributed by atoms with E-state index in [1.54, 1.807) is 0 Å². The van der Waals surface area contributed by atoms with Gasteiger partial charge in [-0.2, -0.15) is 15.0 Å². The molecule has 19 heavy (non-hydrogen) atoms. The maximum Gasteiger partial charge on any atom is 0.322 e. The van der Waals surface area contributed by atoms with Gasteiger partial charge < -0.3 is 15.4 Å². The number of carbonyl (C=O) groups is 1. The third kappa shape index (κ3) is 6.19. The molecule has 1 heterocycles. The van der Waals surface area contributed by atoms with Gasteiger partial charge >= 0.3 is 6.01 Å². The number of nitrogens with one attached hydrogen (secondary N) is 2. The van der Waals surface area contributed by atoms with E-state index >= 15 is 0 Å². The van der Waals surface area contributed by atoms with E-state index in [-0.39, 0.29) is 29.7 Å². The van der Waals surface area contributed by atoms with Gasteiger partial charge in [0.05, 0.1) is 13.2 Å². The molecule has 106 valence electrons. The standard InChI is InChI=1S/C11H18ClN5O2/c1-3-5-13-8(18)7-14-10-15-9(12)16-11(17-10)19-6-4-2/h3-7H2,1-2H3,(H,13,18)(H,14,15,16,17). The molecule has 2 N–H and O–H groups in total. The van der Waals surface area contributed by atoms with Crippen LogP contribution in [0.1, 0.15) is 26.7 Å². The van der Waals surface area contributed by atoms with E-state index in [0.717, 1.165) is 12.8 Å². The van der Waals surface area contributed by atoms with E-state index in [1.807, 2.05) is 13.8 Å². The molecular formula is C11H18ClN5O2. The lowest BCUT2D eigenvalue weighted by Crippen LogP contribution is -2.30. The number of hydrogen-bond donors (Lipinski definition) is 2. The summed E-state index contributed by atoms with van der Waals surface area (Å²) in [5, 5.41) is 5.53. The smallest absolute Gasteiger partial charge is 0.322 e. The van der Waals surface area contributed by atoms with Gasteiger partial charge in [0.15, 0.2) is 0 Å². The van der Waals surface area contributed by atoms with Crippen LogP contribution in [0.4, 0.5) is 5.95 Å². The van der Waals surface area contributed by atoms with Crippen LogP contribution in [0, 0.1) is 0 Å². The van der Waals surface area contributed by atoms with Crippen LogP contribution in [0.25, 0.3) is 0 Å². The first-order chi connectivity index (χ1) is 9.15. The van der Waals surface area contributed by atoms with Crippen molar-refractivity contribution in [1.82, 2.24) is 20.3 Å². The average molecular weight is 288 g/mol. The number of anilines is 1. The number of halogens is 1. The molecule has 0 aliphatic carbocycles. The van der Waals surface area contributed by atoms with E-state index in [9.17, 15) is 4.79 Å². The van der Waals surface area contributed by atoms with Crippen molar-refractivity contribution in [3.8, 4) is 6.01 Å². The lowest BCUT2D eigenvalue weighted by atomic mass is 10.4. The van der Waals surface area contributed by atoms with Gasteiger partial charge in [-0.1, -0.05) is 13.8 Å². The van der Waals surface area contributed by atoms with E-state index in [0.29, 0.717) is 13.2 Å². The lowest BCUT2D eigenvalue weighted by molar-refractivity contribution is -0.119. The summed E-state index contributed by atoms with van der Waals surface area (Å²) in [5.41, 5.74) is 0. The molecule has 7 nitrogen and oxygen atoms in total. The Bertz CT molecular complexity index is 416. The third-order valence-corrected chi connectivity index (χ3v) is 2.17. The zero-order chi connectivity index (χ0) is 14.1. The molecule has 0 saturated heterocycles. The molecule has 1 aromatic heterocycles. The third-order valence-electron chi connectivity index (χ3n) is 2.00. The summed E-state index contributed by atoms with van der Waals surface area (Å²) < 4.78 is 5.26. The van der Waals surface area contributed by atoms with Crippen LogP contribution in [-0.4, -0.2) is 40.6 Å². The number of hydrogen-bond acceptors (Lipinski definition) is 6. The van der Waals surface area contributed by atoms with E-state index in [4.69, 9.17) is 16.3 Å². The molecule has 8 heteroatoms. The summed E-state index contributed by atoms with van der Waals surface area (Å²) in [6, 6.07) is 0.151. The minimum atomic E-state index is -0.130. The summed E-state index contributed by atoms with van der Waals surface area (Å²) in [7, 11) is 0. The first-order valence-corrected chi connectivity index (χ1v) is 6.58. The molecule has 0 aliphatic rings. The summed E-state index contributed by atoms with van der Waals surface area (Å²) >= 11 is 5.75. The molecule has 1 aromatic rings. The number of nitrogens with zero attached hydrogens (tertiary/aromatic N) is 3. The number of aromatic nitrogens is 3. The Morgan fingerprint density at radius 3 is 2.74 bits per heavy atom. The van der Waals surface area contributed by atoms with Gasteiger partial charge in [-0.25, -0.2) is 0 Å². The quantitative estimate of drug-likeness (QED) is 0.748. The predicted molar refractivity (Wildman–Crippen MR) is 72.4 cm³/mol. The van der Waals surface area contributed by atoms with Gasteiger partial charge in [0, 0.05) is 6.54 Å². The van der Waals surface area contributed by atoms with Crippen LogP contribution in [0.15, 0.2) is 0 Å². The fraction of sp³-hybridized carbons (Fsp3) is 0.636. The SMILES string of the molecule is CCCNC(=O)CNc1nc(Cl)nc(OCCC)n1. The maximum atomic E-state index is 11.4. The molecule has 0 unspecified atom stereocenters. The van der Waals surface area contributed by atoms with Gasteiger partial charge in [0.1, 0.15) is 0 Å². The molecule has 0 fully saturated rings. The highest BCUT2D eigenvalue weighted by Crippen LogP contribution is 2.11. The molecule has 1 rings (SSSR count). The summed E-state index contributed by atoms with van der Waals surface area (Å²) in [6.45, 7) is 5.17. The van der Waals surface area contributed by atoms with Crippen molar-refractivity contribution < 1.29 is 9.53 Å². The number of rotatable bonds is 8. The van der Waals surface area contributed by atoms with Crippen molar-refractivity contribution in [3.63, 3.8) is 0 Å². The number of amides is 1. The van der Waals surface area contributed by atoms with Gasteiger partial charge in [-0.05, 0) is 24.4 Å². The molecule has 0 atom stereocenters. The zero-order valence-corrected chi connectivity index (χ0v) is 11.8. The summed E-state index contributed by atoms with van der Waals surface area (Å²) in [4.78, 5) is 23.1. The van der Waals surface area contributed by atoms with Crippen molar-refractivity contribution in [2.45, 2.75) is 26.7 Å². The predicted octanol–water partition coefficient (Wildman–Crippen LogP) is 1.25. The zero-order valence-electron chi connectivity index (χ0n) is 11.1. The van der Waals surface area contributed by atoms with Crippen LogP contribution in [0.3, 0.4) is 0 Å². The van der Waals surface area contributed by atoms with Crippen molar-refractivity contribution in [2.75, 3.05) is 25.0 Å². The van der Waals surface area contributed by atoms with Crippen molar-refractivity contribution in [1.29, 1.82) is 0 Å². The lowest BCUT2D eigenvalue weighted by Gasteiger charge is -2.07. The van der Waals surface area contributed by atoms with Gasteiger partial charge in [-0.3, -0.25) is 4.79 Å². The normalized spacial score (nSPS) is 10.1. The van der Waals surface area contributed by atoms with Crippen LogP contribution >= 0.6 is 11.6 Å². The molecular weight excluding hydrogens is 270 g/mol. The second-order valence-electron chi connectivity index (χ2n) is 3.76. The highest BCUT2D eigenvalue weighted by atomic mass is 35.5. The van der Waals surface area contributed by atoms with Gasteiger partial charge in [0.25, 0.3) is 0 Å². The highest BCUT2D eigenvalue weighted by Gasteiger charge is 2.07. The average Bonchev–Trinajstić information content (AvgIpc) is 2.40. The van der Waals surface area contributed by atoms with Crippen molar-refractivity contribution in [2.24, 2.45) is 0 Å². The van der Waals surface area contributed by atoms with Gasteiger partial charge in [0.2, 0.25) is 17.1 Å². The Balaban J connectivity index is 2.52. The molecule has 0 aliphatic heterocycles. The molecule has 0 spiro atoms. The first-order valence-electron chi connectivity index (χ1n) is 6.20. The maximum absolute atomic E-state index is 11.4. The Morgan fingerprint density at radius 2 is 2.05 bits per heavy atom. The largest absolute Gasteiger partial charge is 0.463 e. The molecule has 0 saturated carbocycles. The second-order valence-corrected chi connectivity index (χ2v) is 4.10. The topological polar surface area (TPSA) is 89.0 Å². The highest BCUT2D eigenvalue weighted by molar-refractivity contribution is 6.28. The second kappa shape index (κ2) is 8.47. The van der Waals surface area contributed by atoms with Crippen LogP contribution < -0.4 is 15.4 Å². The van der Waals surface area contributed by atoms with Gasteiger partial charge in [-0.15, -0.1) is 0 Å². The van der Waals surface area contributed by atoms with E-state index in [1.165, 1.54) is 0 Å². The summed E-state index contributed by atoms with van der Waals surface area (Å²) in [6.07, 6.45) is 1.73. The number of ether oxygens (including phenoxy) is 1. The van der Waals surface area contributed by atoms with Crippen molar-refractivity contribution >= 4 is 23.5 Å². The minimum absolute atomic E-state index is 0.0255. The first kappa shape index (κ1) is 15.4. The van der Waals surface area contributed by atoms with Crippen molar-refractivity contribution in [3.05, 3.63) is 5.28 Å². The van der Waals surface area contributed by atoms with E-state index < -0.39 is 0 Å². The fourth-order valence-corrected chi connectivity index (χ4v) is 1.31. The van der Waals surface area contributed by atoms with Crippen LogP contribution in [0.2, 0.25) is 5.28 Å². The molecule has 1 amide bonds. The molecule has 0 radical (unpaired) electrons. The molecule has 0 bridgehead atoms. The summed E-state index contributed by atoms with van der Waals surface area (Å²) in [5.74, 6) is 0.0900. The number of carbonyl (C=O) groups excluding carboxylic acids is 1. The Morgan fingerprint density at radius 1 is 1.26 bits per heavy atom. The fourth-order valence-electron chi connectivity index (χ4n) is 1.16. The van der Waals surface area contributed by atoms with E-state index in [2.05, 4.69) is 25.6 Å². The minimum Gasteiger partial charge on any atom is -0.463 e. The Labute approximate surface area is 117 Å². The van der Waals surface area contributed by atoms with Crippen LogP contribution in [0.5, 0.6) is 6.01 Å². The monoisotopic (exact) mass is 287 g/mol. The Hall–Kier alpha value is -1.63.